The number of hydrogen-bond donors (Lipinski definition) is 1. The van der Waals surface area contributed by atoms with E-state index in [2.05, 4.69) is 6.58 Å². The van der Waals surface area contributed by atoms with Crippen molar-refractivity contribution in [2.24, 2.45) is 0 Å². The molecule has 0 bridgehead atoms. The van der Waals surface area contributed by atoms with E-state index in [0.717, 1.165) is 0 Å². The van der Waals surface area contributed by atoms with Gasteiger partial charge in [-0.3, -0.25) is 0 Å². The molecule has 0 unspecified atom stereocenters. The lowest BCUT2D eigenvalue weighted by molar-refractivity contribution is -0.132. The molecule has 0 heterocycles. The summed E-state index contributed by atoms with van der Waals surface area (Å²) in [6.07, 6.45) is 1.13. The summed E-state index contributed by atoms with van der Waals surface area (Å²) in [5.74, 6) is -0.942. The summed E-state index contributed by atoms with van der Waals surface area (Å²) in [6.45, 7) is 6.15. The van der Waals surface area contributed by atoms with Crippen LogP contribution in [0.3, 0.4) is 0 Å². The zero-order chi connectivity index (χ0) is 12.2. The molecule has 0 radical (unpaired) electrons. The summed E-state index contributed by atoms with van der Waals surface area (Å²) in [7, 11) is 1.62. The number of rotatable bonds is 11. The van der Waals surface area contributed by atoms with Crippen molar-refractivity contribution in [3.8, 4) is 0 Å². The van der Waals surface area contributed by atoms with Crippen molar-refractivity contribution in [1.29, 1.82) is 0 Å². The lowest BCUT2D eigenvalue weighted by Crippen LogP contribution is -2.09. The van der Waals surface area contributed by atoms with Gasteiger partial charge in [0.2, 0.25) is 0 Å². The fourth-order valence-electron chi connectivity index (χ4n) is 0.959. The quantitative estimate of drug-likeness (QED) is 0.426. The molecule has 1 N–H and O–H groups in total. The van der Waals surface area contributed by atoms with Gasteiger partial charge in [0.15, 0.2) is 0 Å². The standard InChI is InChI=1S/C11H20O5/c1-10(11(12)13)4-3-5-15-8-9-16-7-6-14-2/h1,3-9H2,2H3,(H,12,13). The third kappa shape index (κ3) is 9.64. The van der Waals surface area contributed by atoms with Crippen molar-refractivity contribution >= 4 is 5.97 Å². The summed E-state index contributed by atoms with van der Waals surface area (Å²) in [4.78, 5) is 10.4. The summed E-state index contributed by atoms with van der Waals surface area (Å²) in [5.41, 5.74) is 0.222. The van der Waals surface area contributed by atoms with Gasteiger partial charge in [-0.2, -0.15) is 0 Å². The van der Waals surface area contributed by atoms with Crippen LogP contribution in [0.25, 0.3) is 0 Å². The molecule has 94 valence electrons. The Balaban J connectivity index is 3.10. The second-order valence-corrected chi connectivity index (χ2v) is 3.23. The Kier molecular flexibility index (Phi) is 10.00. The Hall–Kier alpha value is -0.910. The fraction of sp³-hybridized carbons (Fsp3) is 0.727. The van der Waals surface area contributed by atoms with Gasteiger partial charge in [0, 0.05) is 19.3 Å². The predicted octanol–water partition coefficient (Wildman–Crippen LogP) is 1.09. The van der Waals surface area contributed by atoms with Gasteiger partial charge in [0.05, 0.1) is 26.4 Å². The molecule has 0 atom stereocenters. The molecule has 0 fully saturated rings. The fourth-order valence-corrected chi connectivity index (χ4v) is 0.959. The normalized spacial score (nSPS) is 10.3. The van der Waals surface area contributed by atoms with Crippen LogP contribution in [-0.4, -0.2) is 51.2 Å². The van der Waals surface area contributed by atoms with Crippen molar-refractivity contribution < 1.29 is 24.1 Å². The monoisotopic (exact) mass is 232 g/mol. The molecule has 16 heavy (non-hydrogen) atoms. The molecular weight excluding hydrogens is 212 g/mol. The number of carbonyl (C=O) groups is 1. The maximum atomic E-state index is 10.4. The molecule has 0 aromatic heterocycles. The lowest BCUT2D eigenvalue weighted by Gasteiger charge is -2.05. The average Bonchev–Trinajstić information content (AvgIpc) is 2.26. The van der Waals surface area contributed by atoms with E-state index in [1.54, 1.807) is 7.11 Å². The van der Waals surface area contributed by atoms with Gasteiger partial charge >= 0.3 is 5.97 Å². The number of carboxylic acids is 1. The Morgan fingerprint density at radius 2 is 1.69 bits per heavy atom. The van der Waals surface area contributed by atoms with Gasteiger partial charge in [0.1, 0.15) is 0 Å². The molecule has 0 amide bonds. The molecule has 0 saturated carbocycles. The van der Waals surface area contributed by atoms with Crippen LogP contribution in [0.4, 0.5) is 0 Å². The summed E-state index contributed by atoms with van der Waals surface area (Å²) in [6, 6.07) is 0. The first-order valence-electron chi connectivity index (χ1n) is 5.24. The highest BCUT2D eigenvalue weighted by Gasteiger charge is 2.02. The van der Waals surface area contributed by atoms with Gasteiger partial charge in [-0.1, -0.05) is 6.58 Å². The van der Waals surface area contributed by atoms with E-state index in [1.165, 1.54) is 0 Å². The smallest absolute Gasteiger partial charge is 0.330 e. The SMILES string of the molecule is C=C(CCCOCCOCCOC)C(=O)O. The predicted molar refractivity (Wildman–Crippen MR) is 59.5 cm³/mol. The minimum absolute atomic E-state index is 0.222. The highest BCUT2D eigenvalue weighted by atomic mass is 16.5. The zero-order valence-corrected chi connectivity index (χ0v) is 9.74. The number of ether oxygens (including phenoxy) is 3. The number of methoxy groups -OCH3 is 1. The van der Waals surface area contributed by atoms with Gasteiger partial charge in [0.25, 0.3) is 0 Å². The average molecular weight is 232 g/mol. The van der Waals surface area contributed by atoms with Gasteiger partial charge in [-0.25, -0.2) is 4.79 Å². The van der Waals surface area contributed by atoms with E-state index in [1.807, 2.05) is 0 Å². The molecule has 0 spiro atoms. The lowest BCUT2D eigenvalue weighted by atomic mass is 10.2. The van der Waals surface area contributed by atoms with Crippen LogP contribution >= 0.6 is 0 Å². The van der Waals surface area contributed by atoms with Crippen LogP contribution < -0.4 is 0 Å². The number of carboxylic acid groups (broad SMARTS) is 1. The van der Waals surface area contributed by atoms with Crippen LogP contribution in [0.1, 0.15) is 12.8 Å². The summed E-state index contributed by atoms with van der Waals surface area (Å²) in [5, 5.41) is 8.53. The molecule has 0 aliphatic rings. The number of aliphatic carboxylic acids is 1. The summed E-state index contributed by atoms with van der Waals surface area (Å²) < 4.78 is 15.2. The zero-order valence-electron chi connectivity index (χ0n) is 9.74. The molecule has 0 aliphatic carbocycles. The minimum Gasteiger partial charge on any atom is -0.478 e. The maximum absolute atomic E-state index is 10.4. The van der Waals surface area contributed by atoms with Gasteiger partial charge < -0.3 is 19.3 Å². The molecule has 0 aromatic carbocycles. The Morgan fingerprint density at radius 1 is 1.12 bits per heavy atom. The van der Waals surface area contributed by atoms with Crippen molar-refractivity contribution in [1.82, 2.24) is 0 Å². The molecule has 0 saturated heterocycles. The molecule has 0 aliphatic heterocycles. The molecule has 5 heteroatoms. The van der Waals surface area contributed by atoms with Crippen molar-refractivity contribution in [2.75, 3.05) is 40.1 Å². The van der Waals surface area contributed by atoms with E-state index in [4.69, 9.17) is 19.3 Å². The highest BCUT2D eigenvalue weighted by molar-refractivity contribution is 5.85. The summed E-state index contributed by atoms with van der Waals surface area (Å²) >= 11 is 0. The third-order valence-electron chi connectivity index (χ3n) is 1.87. The van der Waals surface area contributed by atoms with E-state index in [0.29, 0.717) is 45.9 Å². The molecule has 5 nitrogen and oxygen atoms in total. The van der Waals surface area contributed by atoms with E-state index < -0.39 is 5.97 Å². The van der Waals surface area contributed by atoms with Crippen molar-refractivity contribution in [2.45, 2.75) is 12.8 Å². The molecular formula is C11H20O5. The van der Waals surface area contributed by atoms with Crippen molar-refractivity contribution in [3.63, 3.8) is 0 Å². The van der Waals surface area contributed by atoms with E-state index in [-0.39, 0.29) is 5.57 Å². The second kappa shape index (κ2) is 10.6. The minimum atomic E-state index is -0.942. The Morgan fingerprint density at radius 3 is 2.25 bits per heavy atom. The first-order valence-corrected chi connectivity index (χ1v) is 5.24. The topological polar surface area (TPSA) is 65.0 Å². The largest absolute Gasteiger partial charge is 0.478 e. The van der Waals surface area contributed by atoms with Gasteiger partial charge in [-0.15, -0.1) is 0 Å². The van der Waals surface area contributed by atoms with Crippen LogP contribution in [0, 0.1) is 0 Å². The van der Waals surface area contributed by atoms with Crippen LogP contribution in [-0.2, 0) is 19.0 Å². The Bertz CT molecular complexity index is 203. The molecule has 0 aromatic rings. The van der Waals surface area contributed by atoms with Crippen LogP contribution in [0.15, 0.2) is 12.2 Å². The maximum Gasteiger partial charge on any atom is 0.330 e. The van der Waals surface area contributed by atoms with Gasteiger partial charge in [-0.05, 0) is 12.8 Å². The Labute approximate surface area is 96.0 Å². The van der Waals surface area contributed by atoms with E-state index >= 15 is 0 Å². The van der Waals surface area contributed by atoms with Crippen LogP contribution in [0.5, 0.6) is 0 Å². The second-order valence-electron chi connectivity index (χ2n) is 3.23. The first-order chi connectivity index (χ1) is 7.68. The highest BCUT2D eigenvalue weighted by Crippen LogP contribution is 2.01. The molecule has 0 rings (SSSR count). The van der Waals surface area contributed by atoms with Crippen molar-refractivity contribution in [3.05, 3.63) is 12.2 Å². The first kappa shape index (κ1) is 15.1. The third-order valence-corrected chi connectivity index (χ3v) is 1.87. The van der Waals surface area contributed by atoms with E-state index in [9.17, 15) is 4.79 Å². The number of hydrogen-bond acceptors (Lipinski definition) is 4. The van der Waals surface area contributed by atoms with Crippen LogP contribution in [0.2, 0.25) is 0 Å².